The lowest BCUT2D eigenvalue weighted by Gasteiger charge is -2.35. The molecule has 1 aliphatic rings. The Bertz CT molecular complexity index is 591. The number of piperazine rings is 1. The maximum atomic E-state index is 3.47. The number of aryl methyl sites for hydroxylation is 3. The van der Waals surface area contributed by atoms with Crippen LogP contribution >= 0.6 is 11.3 Å². The number of thiophene rings is 1. The molecule has 2 heterocycles. The van der Waals surface area contributed by atoms with E-state index in [0.717, 1.165) is 26.2 Å². The molecular weight excluding hydrogens is 276 g/mol. The van der Waals surface area contributed by atoms with Gasteiger partial charge in [-0.25, -0.2) is 0 Å². The van der Waals surface area contributed by atoms with Crippen molar-refractivity contribution in [1.29, 1.82) is 0 Å². The molecule has 2 aromatic rings. The van der Waals surface area contributed by atoms with Gasteiger partial charge in [-0.3, -0.25) is 4.90 Å². The van der Waals surface area contributed by atoms with Gasteiger partial charge in [-0.2, -0.15) is 0 Å². The molecule has 1 aromatic carbocycles. The third kappa shape index (κ3) is 3.20. The van der Waals surface area contributed by atoms with Crippen molar-refractivity contribution < 1.29 is 0 Å². The molecule has 2 nitrogen and oxygen atoms in total. The largest absolute Gasteiger partial charge is 0.314 e. The molecule has 112 valence electrons. The van der Waals surface area contributed by atoms with Crippen LogP contribution in [-0.4, -0.2) is 31.1 Å². The number of nitrogens with one attached hydrogen (secondary N) is 1. The van der Waals surface area contributed by atoms with Crippen molar-refractivity contribution in [2.45, 2.75) is 26.8 Å². The smallest absolute Gasteiger partial charge is 0.0699 e. The molecule has 1 N–H and O–H groups in total. The van der Waals surface area contributed by atoms with Crippen molar-refractivity contribution in [2.75, 3.05) is 26.2 Å². The summed E-state index contributed by atoms with van der Waals surface area (Å²) in [5.74, 6) is 0. The van der Waals surface area contributed by atoms with E-state index in [2.05, 4.69) is 60.6 Å². The Balaban J connectivity index is 2.04. The van der Waals surface area contributed by atoms with E-state index in [1.165, 1.54) is 27.1 Å². The first-order chi connectivity index (χ1) is 10.1. The fraction of sp³-hybridized carbons (Fsp3) is 0.444. The first-order valence-corrected chi connectivity index (χ1v) is 8.60. The Morgan fingerprint density at radius 2 is 1.71 bits per heavy atom. The molecule has 0 radical (unpaired) electrons. The zero-order valence-corrected chi connectivity index (χ0v) is 14.0. The molecule has 0 spiro atoms. The average Bonchev–Trinajstić information content (AvgIpc) is 2.86. The van der Waals surface area contributed by atoms with Crippen molar-refractivity contribution in [2.24, 2.45) is 0 Å². The molecule has 21 heavy (non-hydrogen) atoms. The van der Waals surface area contributed by atoms with E-state index in [4.69, 9.17) is 0 Å². The summed E-state index contributed by atoms with van der Waals surface area (Å²) < 4.78 is 0. The minimum atomic E-state index is 0.408. The second-order valence-electron chi connectivity index (χ2n) is 6.08. The fourth-order valence-electron chi connectivity index (χ4n) is 3.30. The summed E-state index contributed by atoms with van der Waals surface area (Å²) in [6.07, 6.45) is 0. The highest BCUT2D eigenvalue weighted by molar-refractivity contribution is 7.10. The highest BCUT2D eigenvalue weighted by atomic mass is 32.1. The van der Waals surface area contributed by atoms with Gasteiger partial charge in [-0.1, -0.05) is 29.3 Å². The molecular formula is C18H24N2S. The standard InChI is InChI=1S/C18H24N2S/c1-13-10-14(2)12-16(11-13)17(18-15(3)4-9-21-18)20-7-5-19-6-8-20/h4,9-12,17,19H,5-8H2,1-3H3. The van der Waals surface area contributed by atoms with Crippen LogP contribution in [0.1, 0.15) is 33.2 Å². The maximum Gasteiger partial charge on any atom is 0.0699 e. The molecule has 0 bridgehead atoms. The van der Waals surface area contributed by atoms with Crippen LogP contribution in [0.3, 0.4) is 0 Å². The Hall–Kier alpha value is -1.16. The van der Waals surface area contributed by atoms with E-state index in [1.807, 2.05) is 11.3 Å². The summed E-state index contributed by atoms with van der Waals surface area (Å²) in [4.78, 5) is 4.13. The van der Waals surface area contributed by atoms with Crippen molar-refractivity contribution in [3.63, 3.8) is 0 Å². The molecule has 0 saturated carbocycles. The Labute approximate surface area is 131 Å². The van der Waals surface area contributed by atoms with Gasteiger partial charge in [0.05, 0.1) is 6.04 Å². The summed E-state index contributed by atoms with van der Waals surface area (Å²) in [7, 11) is 0. The number of hydrogen-bond donors (Lipinski definition) is 1. The SMILES string of the molecule is Cc1cc(C)cc(C(c2sccc2C)N2CCNCC2)c1. The van der Waals surface area contributed by atoms with E-state index in [1.54, 1.807) is 0 Å². The Morgan fingerprint density at radius 3 is 2.29 bits per heavy atom. The second kappa shape index (κ2) is 6.30. The molecule has 3 rings (SSSR count). The van der Waals surface area contributed by atoms with Crippen LogP contribution in [-0.2, 0) is 0 Å². The summed E-state index contributed by atoms with van der Waals surface area (Å²) in [5.41, 5.74) is 5.58. The molecule has 0 aliphatic carbocycles. The van der Waals surface area contributed by atoms with Crippen LogP contribution in [0.15, 0.2) is 29.6 Å². The minimum absolute atomic E-state index is 0.408. The monoisotopic (exact) mass is 300 g/mol. The third-order valence-corrected chi connectivity index (χ3v) is 5.30. The summed E-state index contributed by atoms with van der Waals surface area (Å²) >= 11 is 1.90. The fourth-order valence-corrected chi connectivity index (χ4v) is 4.39. The van der Waals surface area contributed by atoms with Crippen LogP contribution in [0.4, 0.5) is 0 Å². The van der Waals surface area contributed by atoms with Gasteiger partial charge in [0.1, 0.15) is 0 Å². The van der Waals surface area contributed by atoms with Gasteiger partial charge in [0.15, 0.2) is 0 Å². The van der Waals surface area contributed by atoms with Crippen molar-refractivity contribution in [3.8, 4) is 0 Å². The molecule has 1 atom stereocenters. The third-order valence-electron chi connectivity index (χ3n) is 4.23. The summed E-state index contributed by atoms with van der Waals surface area (Å²) in [5, 5.41) is 5.69. The minimum Gasteiger partial charge on any atom is -0.314 e. The van der Waals surface area contributed by atoms with E-state index in [0.29, 0.717) is 6.04 Å². The van der Waals surface area contributed by atoms with Gasteiger partial charge < -0.3 is 5.32 Å². The predicted octanol–water partition coefficient (Wildman–Crippen LogP) is 3.67. The van der Waals surface area contributed by atoms with Gasteiger partial charge in [-0.05, 0) is 43.3 Å². The number of hydrogen-bond acceptors (Lipinski definition) is 3. The van der Waals surface area contributed by atoms with E-state index >= 15 is 0 Å². The van der Waals surface area contributed by atoms with Gasteiger partial charge in [0, 0.05) is 31.1 Å². The lowest BCUT2D eigenvalue weighted by atomic mass is 9.97. The van der Waals surface area contributed by atoms with Crippen molar-refractivity contribution in [1.82, 2.24) is 10.2 Å². The summed E-state index contributed by atoms with van der Waals surface area (Å²) in [6, 6.07) is 9.64. The first kappa shape index (κ1) is 14.8. The molecule has 0 amide bonds. The van der Waals surface area contributed by atoms with Gasteiger partial charge in [-0.15, -0.1) is 11.3 Å². The van der Waals surface area contributed by atoms with Crippen LogP contribution in [0.2, 0.25) is 0 Å². The van der Waals surface area contributed by atoms with Gasteiger partial charge in [0.25, 0.3) is 0 Å². The van der Waals surface area contributed by atoms with E-state index < -0.39 is 0 Å². The number of rotatable bonds is 3. The average molecular weight is 300 g/mol. The van der Waals surface area contributed by atoms with E-state index in [-0.39, 0.29) is 0 Å². The topological polar surface area (TPSA) is 15.3 Å². The molecule has 3 heteroatoms. The molecule has 1 unspecified atom stereocenters. The molecule has 1 aliphatic heterocycles. The van der Waals surface area contributed by atoms with Gasteiger partial charge in [0.2, 0.25) is 0 Å². The van der Waals surface area contributed by atoms with Crippen molar-refractivity contribution >= 4 is 11.3 Å². The summed E-state index contributed by atoms with van der Waals surface area (Å²) in [6.45, 7) is 11.1. The van der Waals surface area contributed by atoms with Crippen molar-refractivity contribution in [3.05, 3.63) is 56.8 Å². The zero-order chi connectivity index (χ0) is 14.8. The van der Waals surface area contributed by atoms with Crippen LogP contribution in [0.25, 0.3) is 0 Å². The van der Waals surface area contributed by atoms with Crippen LogP contribution in [0, 0.1) is 20.8 Å². The lowest BCUT2D eigenvalue weighted by molar-refractivity contribution is 0.200. The van der Waals surface area contributed by atoms with E-state index in [9.17, 15) is 0 Å². The molecule has 1 saturated heterocycles. The number of benzene rings is 1. The molecule has 1 aromatic heterocycles. The Morgan fingerprint density at radius 1 is 1.05 bits per heavy atom. The zero-order valence-electron chi connectivity index (χ0n) is 13.1. The van der Waals surface area contributed by atoms with Crippen LogP contribution < -0.4 is 5.32 Å². The highest BCUT2D eigenvalue weighted by Gasteiger charge is 2.26. The first-order valence-electron chi connectivity index (χ1n) is 7.72. The molecule has 1 fully saturated rings. The van der Waals surface area contributed by atoms with Crippen LogP contribution in [0.5, 0.6) is 0 Å². The van der Waals surface area contributed by atoms with Gasteiger partial charge >= 0.3 is 0 Å². The second-order valence-corrected chi connectivity index (χ2v) is 7.03. The highest BCUT2D eigenvalue weighted by Crippen LogP contribution is 2.35. The maximum absolute atomic E-state index is 3.47. The normalized spacial score (nSPS) is 17.9. The lowest BCUT2D eigenvalue weighted by Crippen LogP contribution is -2.45. The predicted molar refractivity (Wildman–Crippen MR) is 91.3 cm³/mol. The Kier molecular flexibility index (Phi) is 4.43. The number of nitrogens with zero attached hydrogens (tertiary/aromatic N) is 1. The quantitative estimate of drug-likeness (QED) is 0.930.